The van der Waals surface area contributed by atoms with E-state index >= 15 is 0 Å². The third kappa shape index (κ3) is 3.67. The Balaban J connectivity index is 2.78. The number of carbonyl (C=O) groups is 2. The van der Waals surface area contributed by atoms with Crippen LogP contribution in [0.5, 0.6) is 11.5 Å². The van der Waals surface area contributed by atoms with Gasteiger partial charge in [-0.15, -0.1) is 0 Å². The van der Waals surface area contributed by atoms with Crippen LogP contribution in [-0.2, 0) is 4.79 Å². The molecule has 0 heterocycles. The normalized spacial score (nSPS) is 9.71. The van der Waals surface area contributed by atoms with Crippen LogP contribution < -0.4 is 15.2 Å². The highest BCUT2D eigenvalue weighted by molar-refractivity contribution is 5.93. The minimum Gasteiger partial charge on any atom is -0.493 e. The molecule has 1 rings (SSSR count). The van der Waals surface area contributed by atoms with Gasteiger partial charge in [-0.1, -0.05) is 0 Å². The first-order chi connectivity index (χ1) is 8.04. The maximum absolute atomic E-state index is 10.9. The molecule has 92 valence electrons. The number of amides is 1. The van der Waals surface area contributed by atoms with E-state index in [0.29, 0.717) is 17.1 Å². The largest absolute Gasteiger partial charge is 0.493 e. The van der Waals surface area contributed by atoms with Gasteiger partial charge in [-0.2, -0.15) is 0 Å². The highest BCUT2D eigenvalue weighted by Crippen LogP contribution is 2.27. The third-order valence-electron chi connectivity index (χ3n) is 2.02. The molecule has 0 saturated carbocycles. The molecule has 1 aromatic carbocycles. The molecule has 0 aliphatic carbocycles. The molecule has 0 aromatic heterocycles. The van der Waals surface area contributed by atoms with Gasteiger partial charge in [-0.3, -0.25) is 9.59 Å². The number of aliphatic carboxylic acids is 1. The first-order valence-electron chi connectivity index (χ1n) is 4.87. The number of methoxy groups -OCH3 is 1. The Morgan fingerprint density at radius 2 is 2.06 bits per heavy atom. The first kappa shape index (κ1) is 12.8. The van der Waals surface area contributed by atoms with Crippen LogP contribution in [-0.4, -0.2) is 30.7 Å². The molecule has 0 radical (unpaired) electrons. The predicted octanol–water partition coefficient (Wildman–Crippen LogP) is 0.648. The Hall–Kier alpha value is -2.24. The van der Waals surface area contributed by atoms with E-state index in [1.165, 1.54) is 25.3 Å². The van der Waals surface area contributed by atoms with E-state index in [4.69, 9.17) is 20.3 Å². The fourth-order valence-electron chi connectivity index (χ4n) is 1.19. The fourth-order valence-corrected chi connectivity index (χ4v) is 1.19. The van der Waals surface area contributed by atoms with Crippen molar-refractivity contribution in [3.63, 3.8) is 0 Å². The zero-order valence-corrected chi connectivity index (χ0v) is 9.30. The summed E-state index contributed by atoms with van der Waals surface area (Å²) in [6, 6.07) is 4.44. The summed E-state index contributed by atoms with van der Waals surface area (Å²) in [5.41, 5.74) is 5.41. The Morgan fingerprint density at radius 3 is 2.59 bits per heavy atom. The molecule has 1 aromatic rings. The average Bonchev–Trinajstić information content (AvgIpc) is 2.28. The zero-order chi connectivity index (χ0) is 12.8. The van der Waals surface area contributed by atoms with Gasteiger partial charge < -0.3 is 20.3 Å². The number of ether oxygens (including phenoxy) is 2. The topological polar surface area (TPSA) is 98.9 Å². The second-order valence-electron chi connectivity index (χ2n) is 3.22. The van der Waals surface area contributed by atoms with Crippen molar-refractivity contribution >= 4 is 11.9 Å². The molecule has 0 aliphatic heterocycles. The van der Waals surface area contributed by atoms with Crippen molar-refractivity contribution in [1.82, 2.24) is 0 Å². The molecule has 6 heteroatoms. The molecule has 0 bridgehead atoms. The number of carbonyl (C=O) groups excluding carboxylic acids is 1. The SMILES string of the molecule is COc1cc(C(N)=O)ccc1OCCC(=O)O. The van der Waals surface area contributed by atoms with Gasteiger partial charge in [-0.25, -0.2) is 0 Å². The number of primary amides is 1. The molecule has 0 aliphatic rings. The van der Waals surface area contributed by atoms with Crippen molar-refractivity contribution in [3.8, 4) is 11.5 Å². The summed E-state index contributed by atoms with van der Waals surface area (Å²) in [4.78, 5) is 21.2. The fraction of sp³-hybridized carbons (Fsp3) is 0.273. The number of rotatable bonds is 6. The second-order valence-corrected chi connectivity index (χ2v) is 3.22. The van der Waals surface area contributed by atoms with Crippen molar-refractivity contribution in [3.05, 3.63) is 23.8 Å². The predicted molar refractivity (Wildman–Crippen MR) is 59.3 cm³/mol. The smallest absolute Gasteiger partial charge is 0.306 e. The lowest BCUT2D eigenvalue weighted by molar-refractivity contribution is -0.137. The van der Waals surface area contributed by atoms with Gasteiger partial charge in [-0.05, 0) is 18.2 Å². The molecule has 0 unspecified atom stereocenters. The lowest BCUT2D eigenvalue weighted by Gasteiger charge is -2.10. The Kier molecular flexibility index (Phi) is 4.33. The zero-order valence-electron chi connectivity index (χ0n) is 9.30. The molecule has 0 atom stereocenters. The lowest BCUT2D eigenvalue weighted by atomic mass is 10.2. The highest BCUT2D eigenvalue weighted by Gasteiger charge is 2.09. The van der Waals surface area contributed by atoms with Crippen LogP contribution >= 0.6 is 0 Å². The van der Waals surface area contributed by atoms with Crippen LogP contribution in [0.3, 0.4) is 0 Å². The van der Waals surface area contributed by atoms with E-state index in [2.05, 4.69) is 0 Å². The van der Waals surface area contributed by atoms with Gasteiger partial charge in [0.05, 0.1) is 20.1 Å². The van der Waals surface area contributed by atoms with E-state index in [0.717, 1.165) is 0 Å². The molecule has 3 N–H and O–H groups in total. The van der Waals surface area contributed by atoms with Gasteiger partial charge in [0.1, 0.15) is 0 Å². The van der Waals surface area contributed by atoms with E-state index in [1.54, 1.807) is 0 Å². The van der Waals surface area contributed by atoms with Crippen molar-refractivity contribution < 1.29 is 24.2 Å². The van der Waals surface area contributed by atoms with E-state index in [-0.39, 0.29) is 13.0 Å². The maximum Gasteiger partial charge on any atom is 0.306 e. The molecular weight excluding hydrogens is 226 g/mol. The highest BCUT2D eigenvalue weighted by atomic mass is 16.5. The van der Waals surface area contributed by atoms with Gasteiger partial charge in [0, 0.05) is 5.56 Å². The summed E-state index contributed by atoms with van der Waals surface area (Å²) in [7, 11) is 1.42. The number of nitrogens with two attached hydrogens (primary N) is 1. The van der Waals surface area contributed by atoms with Crippen LogP contribution in [0.4, 0.5) is 0 Å². The minimum atomic E-state index is -0.947. The van der Waals surface area contributed by atoms with Crippen LogP contribution in [0.2, 0.25) is 0 Å². The number of hydrogen-bond acceptors (Lipinski definition) is 4. The number of carboxylic acid groups (broad SMARTS) is 1. The summed E-state index contributed by atoms with van der Waals surface area (Å²) >= 11 is 0. The molecule has 0 saturated heterocycles. The van der Waals surface area contributed by atoms with Crippen LogP contribution in [0, 0.1) is 0 Å². The number of benzene rings is 1. The van der Waals surface area contributed by atoms with Crippen LogP contribution in [0.25, 0.3) is 0 Å². The molecule has 17 heavy (non-hydrogen) atoms. The van der Waals surface area contributed by atoms with Gasteiger partial charge in [0.25, 0.3) is 0 Å². The second kappa shape index (κ2) is 5.74. The van der Waals surface area contributed by atoms with E-state index in [1.807, 2.05) is 0 Å². The molecule has 0 fully saturated rings. The monoisotopic (exact) mass is 239 g/mol. The molecular formula is C11H13NO5. The summed E-state index contributed by atoms with van der Waals surface area (Å²) in [5, 5.41) is 8.46. The number of hydrogen-bond donors (Lipinski definition) is 2. The van der Waals surface area contributed by atoms with Crippen molar-refractivity contribution in [2.45, 2.75) is 6.42 Å². The maximum atomic E-state index is 10.9. The lowest BCUT2D eigenvalue weighted by Crippen LogP contribution is -2.11. The molecule has 1 amide bonds. The first-order valence-corrected chi connectivity index (χ1v) is 4.87. The van der Waals surface area contributed by atoms with Crippen molar-refractivity contribution in [1.29, 1.82) is 0 Å². The summed E-state index contributed by atoms with van der Waals surface area (Å²) in [6.45, 7) is 0.0294. The third-order valence-corrected chi connectivity index (χ3v) is 2.02. The molecule has 6 nitrogen and oxygen atoms in total. The minimum absolute atomic E-state index is 0.0294. The standard InChI is InChI=1S/C11H13NO5/c1-16-9-6-7(11(12)15)2-3-8(9)17-5-4-10(13)14/h2-3,6H,4-5H2,1H3,(H2,12,15)(H,13,14). The van der Waals surface area contributed by atoms with Crippen LogP contribution in [0.1, 0.15) is 16.8 Å². The summed E-state index contributed by atoms with van der Waals surface area (Å²) < 4.78 is 10.2. The van der Waals surface area contributed by atoms with E-state index < -0.39 is 11.9 Å². The van der Waals surface area contributed by atoms with Gasteiger partial charge in [0.15, 0.2) is 11.5 Å². The molecule has 0 spiro atoms. The quantitative estimate of drug-likeness (QED) is 0.759. The number of carboxylic acids is 1. The Morgan fingerprint density at radius 1 is 1.35 bits per heavy atom. The summed E-state index contributed by atoms with van der Waals surface area (Å²) in [5.74, 6) is -0.802. The Labute approximate surface area is 97.9 Å². The Bertz CT molecular complexity index is 430. The van der Waals surface area contributed by atoms with Gasteiger partial charge in [0.2, 0.25) is 5.91 Å². The van der Waals surface area contributed by atoms with Crippen molar-refractivity contribution in [2.75, 3.05) is 13.7 Å². The van der Waals surface area contributed by atoms with Crippen LogP contribution in [0.15, 0.2) is 18.2 Å². The van der Waals surface area contributed by atoms with E-state index in [9.17, 15) is 9.59 Å². The average molecular weight is 239 g/mol. The van der Waals surface area contributed by atoms with Crippen molar-refractivity contribution in [2.24, 2.45) is 5.73 Å². The van der Waals surface area contributed by atoms with Gasteiger partial charge >= 0.3 is 5.97 Å². The summed E-state index contributed by atoms with van der Waals surface area (Å²) in [6.07, 6.45) is -0.110.